The molecule has 14 heavy (non-hydrogen) atoms. The van der Waals surface area contributed by atoms with E-state index in [0.29, 0.717) is 30.2 Å². The minimum atomic E-state index is 0.131. The SMILES string of the molecule is COc1ccc(OCCCO)cc1N. The number of nitrogen functional groups attached to an aromatic ring is 1. The number of hydrogen-bond acceptors (Lipinski definition) is 4. The number of anilines is 1. The van der Waals surface area contributed by atoms with Gasteiger partial charge in [-0.25, -0.2) is 0 Å². The van der Waals surface area contributed by atoms with E-state index in [-0.39, 0.29) is 6.61 Å². The van der Waals surface area contributed by atoms with Crippen LogP contribution < -0.4 is 15.2 Å². The molecule has 1 aromatic rings. The van der Waals surface area contributed by atoms with Gasteiger partial charge in [-0.3, -0.25) is 0 Å². The fourth-order valence-corrected chi connectivity index (χ4v) is 1.06. The molecule has 4 nitrogen and oxygen atoms in total. The van der Waals surface area contributed by atoms with E-state index in [0.717, 1.165) is 0 Å². The summed E-state index contributed by atoms with van der Waals surface area (Å²) in [5.41, 5.74) is 6.23. The zero-order valence-electron chi connectivity index (χ0n) is 8.19. The Balaban J connectivity index is 2.57. The molecule has 0 aliphatic rings. The van der Waals surface area contributed by atoms with Gasteiger partial charge in [0.2, 0.25) is 0 Å². The molecule has 1 rings (SSSR count). The Bertz CT molecular complexity index is 289. The quantitative estimate of drug-likeness (QED) is 0.546. The van der Waals surface area contributed by atoms with Crippen molar-refractivity contribution in [3.63, 3.8) is 0 Å². The lowest BCUT2D eigenvalue weighted by molar-refractivity contribution is 0.233. The smallest absolute Gasteiger partial charge is 0.142 e. The van der Waals surface area contributed by atoms with Crippen LogP contribution in [0.25, 0.3) is 0 Å². The third-order valence-corrected chi connectivity index (χ3v) is 1.77. The minimum Gasteiger partial charge on any atom is -0.495 e. The standard InChI is InChI=1S/C10H15NO3/c1-13-10-4-3-8(7-9(10)11)14-6-2-5-12/h3-4,7,12H,2,5-6,11H2,1H3. The third kappa shape index (κ3) is 2.81. The average Bonchev–Trinajstić information content (AvgIpc) is 2.18. The van der Waals surface area contributed by atoms with Crippen molar-refractivity contribution in [2.24, 2.45) is 0 Å². The first-order chi connectivity index (χ1) is 6.77. The summed E-state index contributed by atoms with van der Waals surface area (Å²) in [5, 5.41) is 8.56. The lowest BCUT2D eigenvalue weighted by Crippen LogP contribution is -2.00. The summed E-state index contributed by atoms with van der Waals surface area (Å²) in [7, 11) is 1.57. The first-order valence-electron chi connectivity index (χ1n) is 4.45. The zero-order chi connectivity index (χ0) is 10.4. The fourth-order valence-electron chi connectivity index (χ4n) is 1.06. The Morgan fingerprint density at radius 3 is 2.79 bits per heavy atom. The van der Waals surface area contributed by atoms with Crippen molar-refractivity contribution in [2.75, 3.05) is 26.1 Å². The molecule has 0 saturated carbocycles. The van der Waals surface area contributed by atoms with Crippen LogP contribution >= 0.6 is 0 Å². The van der Waals surface area contributed by atoms with Gasteiger partial charge in [0.15, 0.2) is 0 Å². The maximum Gasteiger partial charge on any atom is 0.142 e. The van der Waals surface area contributed by atoms with Gasteiger partial charge in [-0.15, -0.1) is 0 Å². The summed E-state index contributed by atoms with van der Waals surface area (Å²) in [4.78, 5) is 0. The molecule has 0 aromatic heterocycles. The first kappa shape index (κ1) is 10.7. The Hall–Kier alpha value is -1.42. The highest BCUT2D eigenvalue weighted by molar-refractivity contribution is 5.56. The zero-order valence-corrected chi connectivity index (χ0v) is 8.19. The molecule has 0 spiro atoms. The molecular weight excluding hydrogens is 182 g/mol. The summed E-state index contributed by atoms with van der Waals surface area (Å²) < 4.78 is 10.3. The van der Waals surface area contributed by atoms with Crippen molar-refractivity contribution >= 4 is 5.69 Å². The van der Waals surface area contributed by atoms with Gasteiger partial charge in [-0.1, -0.05) is 0 Å². The maximum atomic E-state index is 8.56. The van der Waals surface area contributed by atoms with E-state index in [1.807, 2.05) is 0 Å². The normalized spacial score (nSPS) is 9.86. The van der Waals surface area contributed by atoms with Crippen molar-refractivity contribution in [3.05, 3.63) is 18.2 Å². The monoisotopic (exact) mass is 197 g/mol. The van der Waals surface area contributed by atoms with Crippen LogP contribution in [0.3, 0.4) is 0 Å². The molecule has 0 amide bonds. The summed E-state index contributed by atoms with van der Waals surface area (Å²) in [5.74, 6) is 1.33. The van der Waals surface area contributed by atoms with Crippen LogP contribution in [0.5, 0.6) is 11.5 Å². The van der Waals surface area contributed by atoms with Gasteiger partial charge in [0, 0.05) is 19.1 Å². The number of hydrogen-bond donors (Lipinski definition) is 2. The Labute approximate surface area is 83.3 Å². The topological polar surface area (TPSA) is 64.7 Å². The molecule has 0 bridgehead atoms. The van der Waals surface area contributed by atoms with Gasteiger partial charge in [0.1, 0.15) is 11.5 Å². The molecule has 0 aliphatic heterocycles. The number of aliphatic hydroxyl groups excluding tert-OH is 1. The lowest BCUT2D eigenvalue weighted by Gasteiger charge is -2.08. The van der Waals surface area contributed by atoms with Crippen molar-refractivity contribution in [3.8, 4) is 11.5 Å². The maximum absolute atomic E-state index is 8.56. The van der Waals surface area contributed by atoms with Crippen LogP contribution in [-0.2, 0) is 0 Å². The third-order valence-electron chi connectivity index (χ3n) is 1.77. The number of rotatable bonds is 5. The molecule has 0 radical (unpaired) electrons. The molecule has 0 unspecified atom stereocenters. The van der Waals surface area contributed by atoms with E-state index in [1.165, 1.54) is 0 Å². The largest absolute Gasteiger partial charge is 0.495 e. The van der Waals surface area contributed by atoms with Crippen molar-refractivity contribution in [1.29, 1.82) is 0 Å². The van der Waals surface area contributed by atoms with Crippen LogP contribution in [0.1, 0.15) is 6.42 Å². The van der Waals surface area contributed by atoms with Gasteiger partial charge in [-0.2, -0.15) is 0 Å². The Morgan fingerprint density at radius 1 is 1.43 bits per heavy atom. The van der Waals surface area contributed by atoms with Crippen molar-refractivity contribution in [2.45, 2.75) is 6.42 Å². The van der Waals surface area contributed by atoms with E-state index in [4.69, 9.17) is 20.3 Å². The number of aliphatic hydroxyl groups is 1. The first-order valence-corrected chi connectivity index (χ1v) is 4.45. The molecule has 0 atom stereocenters. The van der Waals surface area contributed by atoms with Gasteiger partial charge in [0.25, 0.3) is 0 Å². The van der Waals surface area contributed by atoms with Gasteiger partial charge in [-0.05, 0) is 12.1 Å². The summed E-state index contributed by atoms with van der Waals surface area (Å²) in [6, 6.07) is 5.24. The van der Waals surface area contributed by atoms with Crippen molar-refractivity contribution < 1.29 is 14.6 Å². The van der Waals surface area contributed by atoms with Gasteiger partial charge < -0.3 is 20.3 Å². The number of nitrogens with two attached hydrogens (primary N) is 1. The van der Waals surface area contributed by atoms with E-state index < -0.39 is 0 Å². The highest BCUT2D eigenvalue weighted by Gasteiger charge is 2.00. The molecular formula is C10H15NO3. The van der Waals surface area contributed by atoms with E-state index in [1.54, 1.807) is 25.3 Å². The minimum absolute atomic E-state index is 0.131. The predicted octanol–water partition coefficient (Wildman–Crippen LogP) is 1.04. The lowest BCUT2D eigenvalue weighted by atomic mass is 10.3. The molecule has 1 aromatic carbocycles. The van der Waals surface area contributed by atoms with Crippen LogP contribution in [0.2, 0.25) is 0 Å². The predicted molar refractivity (Wildman–Crippen MR) is 54.6 cm³/mol. The molecule has 3 N–H and O–H groups in total. The molecule has 0 fully saturated rings. The number of methoxy groups -OCH3 is 1. The highest BCUT2D eigenvalue weighted by atomic mass is 16.5. The van der Waals surface area contributed by atoms with Crippen LogP contribution in [0.15, 0.2) is 18.2 Å². The molecule has 0 aliphatic carbocycles. The summed E-state index contributed by atoms with van der Waals surface area (Å²) >= 11 is 0. The van der Waals surface area contributed by atoms with Crippen LogP contribution in [0, 0.1) is 0 Å². The van der Waals surface area contributed by atoms with Gasteiger partial charge in [0.05, 0.1) is 19.4 Å². The van der Waals surface area contributed by atoms with E-state index in [2.05, 4.69) is 0 Å². The summed E-state index contributed by atoms with van der Waals surface area (Å²) in [6.07, 6.45) is 0.617. The average molecular weight is 197 g/mol. The molecule has 78 valence electrons. The number of ether oxygens (including phenoxy) is 2. The molecule has 0 heterocycles. The Morgan fingerprint density at radius 2 is 2.21 bits per heavy atom. The second kappa shape index (κ2) is 5.34. The second-order valence-corrected chi connectivity index (χ2v) is 2.83. The van der Waals surface area contributed by atoms with E-state index in [9.17, 15) is 0 Å². The van der Waals surface area contributed by atoms with Crippen LogP contribution in [0.4, 0.5) is 5.69 Å². The van der Waals surface area contributed by atoms with E-state index >= 15 is 0 Å². The molecule has 0 saturated heterocycles. The second-order valence-electron chi connectivity index (χ2n) is 2.83. The number of benzene rings is 1. The fraction of sp³-hybridized carbons (Fsp3) is 0.400. The Kier molecular flexibility index (Phi) is 4.07. The molecule has 4 heteroatoms. The highest BCUT2D eigenvalue weighted by Crippen LogP contribution is 2.25. The summed E-state index contributed by atoms with van der Waals surface area (Å²) in [6.45, 7) is 0.619. The van der Waals surface area contributed by atoms with Crippen LogP contribution in [-0.4, -0.2) is 25.4 Å². The van der Waals surface area contributed by atoms with Gasteiger partial charge >= 0.3 is 0 Å². The van der Waals surface area contributed by atoms with Crippen molar-refractivity contribution in [1.82, 2.24) is 0 Å².